The molecule has 0 spiro atoms. The number of halogens is 2. The lowest BCUT2D eigenvalue weighted by molar-refractivity contribution is 0.0727. The van der Waals surface area contributed by atoms with Gasteiger partial charge in [-0.2, -0.15) is 0 Å². The van der Waals surface area contributed by atoms with Crippen LogP contribution in [-0.4, -0.2) is 24.2 Å². The maximum Gasteiger partial charge on any atom is 0.252 e. The van der Waals surface area contributed by atoms with Gasteiger partial charge in [0.2, 0.25) is 0 Å². The van der Waals surface area contributed by atoms with Crippen molar-refractivity contribution in [2.75, 3.05) is 6.61 Å². The van der Waals surface area contributed by atoms with E-state index in [1.54, 1.807) is 0 Å². The SMILES string of the molecule is CC1OCCC1(C)NC(=O)c1cc(Br)ccc1Br. The molecule has 2 atom stereocenters. The number of hydrogen-bond donors (Lipinski definition) is 1. The molecule has 1 aromatic carbocycles. The number of nitrogens with one attached hydrogen (secondary N) is 1. The number of rotatable bonds is 2. The second-order valence-electron chi connectivity index (χ2n) is 4.76. The monoisotopic (exact) mass is 375 g/mol. The van der Waals surface area contributed by atoms with Crippen LogP contribution in [-0.2, 0) is 4.74 Å². The van der Waals surface area contributed by atoms with Crippen molar-refractivity contribution < 1.29 is 9.53 Å². The Morgan fingerprint density at radius 3 is 2.83 bits per heavy atom. The summed E-state index contributed by atoms with van der Waals surface area (Å²) >= 11 is 6.78. The van der Waals surface area contributed by atoms with Gasteiger partial charge >= 0.3 is 0 Å². The van der Waals surface area contributed by atoms with Crippen LogP contribution in [0.3, 0.4) is 0 Å². The molecule has 1 fully saturated rings. The number of carbonyl (C=O) groups excluding carboxylic acids is 1. The van der Waals surface area contributed by atoms with Gasteiger partial charge in [0.05, 0.1) is 17.2 Å². The topological polar surface area (TPSA) is 38.3 Å². The summed E-state index contributed by atoms with van der Waals surface area (Å²) in [5.41, 5.74) is 0.337. The van der Waals surface area contributed by atoms with Crippen molar-refractivity contribution in [2.45, 2.75) is 31.9 Å². The molecule has 18 heavy (non-hydrogen) atoms. The third kappa shape index (κ3) is 2.78. The zero-order valence-corrected chi connectivity index (χ0v) is 13.5. The molecule has 0 radical (unpaired) electrons. The average Bonchev–Trinajstić information content (AvgIpc) is 2.62. The van der Waals surface area contributed by atoms with Crippen LogP contribution in [0, 0.1) is 0 Å². The highest BCUT2D eigenvalue weighted by Gasteiger charge is 2.38. The molecular weight excluding hydrogens is 362 g/mol. The molecule has 1 saturated heterocycles. The Kier molecular flexibility index (Phi) is 4.14. The van der Waals surface area contributed by atoms with E-state index in [0.29, 0.717) is 12.2 Å². The maximum absolute atomic E-state index is 12.3. The van der Waals surface area contributed by atoms with Crippen molar-refractivity contribution in [3.05, 3.63) is 32.7 Å². The molecule has 1 aromatic rings. The van der Waals surface area contributed by atoms with E-state index in [4.69, 9.17) is 4.74 Å². The van der Waals surface area contributed by atoms with Crippen molar-refractivity contribution in [3.8, 4) is 0 Å². The number of hydrogen-bond acceptors (Lipinski definition) is 2. The van der Waals surface area contributed by atoms with Gasteiger partial charge in [-0.3, -0.25) is 4.79 Å². The minimum atomic E-state index is -0.293. The third-order valence-electron chi connectivity index (χ3n) is 3.46. The smallest absolute Gasteiger partial charge is 0.252 e. The fourth-order valence-corrected chi connectivity index (χ4v) is 2.79. The molecule has 0 bridgehead atoms. The fourth-order valence-electron chi connectivity index (χ4n) is 2.00. The summed E-state index contributed by atoms with van der Waals surface area (Å²) in [4.78, 5) is 12.3. The van der Waals surface area contributed by atoms with Gasteiger partial charge < -0.3 is 10.1 Å². The molecular formula is C13H15Br2NO2. The largest absolute Gasteiger partial charge is 0.376 e. The highest BCUT2D eigenvalue weighted by Crippen LogP contribution is 2.27. The second kappa shape index (κ2) is 5.31. The Balaban J connectivity index is 2.19. The van der Waals surface area contributed by atoms with Crippen molar-refractivity contribution in [1.82, 2.24) is 5.32 Å². The summed E-state index contributed by atoms with van der Waals surface area (Å²) in [5.74, 6) is -0.0805. The zero-order chi connectivity index (χ0) is 13.3. The number of carbonyl (C=O) groups is 1. The summed E-state index contributed by atoms with van der Waals surface area (Å²) in [6.07, 6.45) is 0.873. The predicted octanol–water partition coefficient (Wildman–Crippen LogP) is 3.51. The summed E-state index contributed by atoms with van der Waals surface area (Å²) in [5, 5.41) is 3.07. The summed E-state index contributed by atoms with van der Waals surface area (Å²) in [6.45, 7) is 4.70. The van der Waals surface area contributed by atoms with Crippen molar-refractivity contribution >= 4 is 37.8 Å². The Morgan fingerprint density at radius 2 is 2.22 bits per heavy atom. The number of ether oxygens (including phenoxy) is 1. The molecule has 2 unspecified atom stereocenters. The fraction of sp³-hybridized carbons (Fsp3) is 0.462. The van der Waals surface area contributed by atoms with Crippen LogP contribution >= 0.6 is 31.9 Å². The lowest BCUT2D eigenvalue weighted by Crippen LogP contribution is -2.50. The second-order valence-corrected chi connectivity index (χ2v) is 6.53. The minimum Gasteiger partial charge on any atom is -0.376 e. The molecule has 5 heteroatoms. The number of benzene rings is 1. The van der Waals surface area contributed by atoms with Crippen LogP contribution in [0.5, 0.6) is 0 Å². The van der Waals surface area contributed by atoms with Gasteiger partial charge in [-0.15, -0.1) is 0 Å². The van der Waals surface area contributed by atoms with Crippen LogP contribution in [0.4, 0.5) is 0 Å². The highest BCUT2D eigenvalue weighted by molar-refractivity contribution is 9.11. The average molecular weight is 377 g/mol. The van der Waals surface area contributed by atoms with E-state index in [9.17, 15) is 4.79 Å². The van der Waals surface area contributed by atoms with Crippen LogP contribution in [0.25, 0.3) is 0 Å². The quantitative estimate of drug-likeness (QED) is 0.857. The predicted molar refractivity (Wildman–Crippen MR) is 77.7 cm³/mol. The van der Waals surface area contributed by atoms with E-state index in [1.807, 2.05) is 32.0 Å². The van der Waals surface area contributed by atoms with Gasteiger partial charge in [0, 0.05) is 15.6 Å². The van der Waals surface area contributed by atoms with Crippen LogP contribution in [0.15, 0.2) is 27.1 Å². The van der Waals surface area contributed by atoms with Gasteiger partial charge in [0.25, 0.3) is 5.91 Å². The molecule has 0 saturated carbocycles. The van der Waals surface area contributed by atoms with Crippen LogP contribution < -0.4 is 5.32 Å². The molecule has 98 valence electrons. The highest BCUT2D eigenvalue weighted by atomic mass is 79.9. The van der Waals surface area contributed by atoms with Gasteiger partial charge in [0.1, 0.15) is 0 Å². The Hall–Kier alpha value is -0.390. The third-order valence-corrected chi connectivity index (χ3v) is 4.64. The molecule has 0 aliphatic carbocycles. The minimum absolute atomic E-state index is 0.0346. The maximum atomic E-state index is 12.3. The van der Waals surface area contributed by atoms with Crippen molar-refractivity contribution in [3.63, 3.8) is 0 Å². The van der Waals surface area contributed by atoms with Gasteiger partial charge in [-0.05, 0) is 54.4 Å². The first-order chi connectivity index (χ1) is 8.42. The van der Waals surface area contributed by atoms with E-state index < -0.39 is 0 Å². The van der Waals surface area contributed by atoms with Gasteiger partial charge in [-0.25, -0.2) is 0 Å². The Morgan fingerprint density at radius 1 is 1.50 bits per heavy atom. The summed E-state index contributed by atoms with van der Waals surface area (Å²) < 4.78 is 7.20. The normalized spacial score (nSPS) is 27.2. The first kappa shape index (κ1) is 14.0. The Labute approximate surface area is 124 Å². The lowest BCUT2D eigenvalue weighted by Gasteiger charge is -2.29. The molecule has 1 aliphatic heterocycles. The Bertz CT molecular complexity index is 478. The summed E-state index contributed by atoms with van der Waals surface area (Å²) in [6, 6.07) is 5.56. The van der Waals surface area contributed by atoms with Crippen LogP contribution in [0.1, 0.15) is 30.6 Å². The first-order valence-corrected chi connectivity index (χ1v) is 7.40. The number of amides is 1. The molecule has 3 nitrogen and oxygen atoms in total. The lowest BCUT2D eigenvalue weighted by atomic mass is 9.94. The van der Waals surface area contributed by atoms with Crippen molar-refractivity contribution in [1.29, 1.82) is 0 Å². The molecule has 1 amide bonds. The molecule has 1 N–H and O–H groups in total. The van der Waals surface area contributed by atoms with Gasteiger partial charge in [-0.1, -0.05) is 15.9 Å². The molecule has 1 heterocycles. The van der Waals surface area contributed by atoms with E-state index in [2.05, 4.69) is 37.2 Å². The zero-order valence-electron chi connectivity index (χ0n) is 10.3. The van der Waals surface area contributed by atoms with Crippen molar-refractivity contribution in [2.24, 2.45) is 0 Å². The molecule has 2 rings (SSSR count). The van der Waals surface area contributed by atoms with Gasteiger partial charge in [0.15, 0.2) is 0 Å². The molecule has 1 aliphatic rings. The standard InChI is InChI=1S/C13H15Br2NO2/c1-8-13(2,5-6-18-8)16-12(17)10-7-9(14)3-4-11(10)15/h3-4,7-8H,5-6H2,1-2H3,(H,16,17). The van der Waals surface area contributed by atoms with Crippen LogP contribution in [0.2, 0.25) is 0 Å². The van der Waals surface area contributed by atoms with E-state index in [-0.39, 0.29) is 17.6 Å². The molecule has 0 aromatic heterocycles. The van der Waals surface area contributed by atoms with E-state index >= 15 is 0 Å². The first-order valence-electron chi connectivity index (χ1n) is 5.81. The summed E-state index contributed by atoms with van der Waals surface area (Å²) in [7, 11) is 0. The van der Waals surface area contributed by atoms with E-state index in [0.717, 1.165) is 15.4 Å². The van der Waals surface area contributed by atoms with E-state index in [1.165, 1.54) is 0 Å².